The van der Waals surface area contributed by atoms with Gasteiger partial charge in [0, 0.05) is 30.8 Å². The molecule has 0 aliphatic rings. The van der Waals surface area contributed by atoms with Crippen molar-refractivity contribution in [3.8, 4) is 5.69 Å². The van der Waals surface area contributed by atoms with E-state index in [1.54, 1.807) is 37.5 Å². The summed E-state index contributed by atoms with van der Waals surface area (Å²) in [5, 5.41) is 8.76. The summed E-state index contributed by atoms with van der Waals surface area (Å²) in [4.78, 5) is 28.2. The minimum Gasteiger partial charge on any atom is -0.341 e. The van der Waals surface area contributed by atoms with E-state index in [1.165, 1.54) is 17.3 Å². The van der Waals surface area contributed by atoms with Gasteiger partial charge >= 0.3 is 6.03 Å². The van der Waals surface area contributed by atoms with Crippen molar-refractivity contribution in [2.24, 2.45) is 0 Å². The van der Waals surface area contributed by atoms with E-state index in [2.05, 4.69) is 46.1 Å². The maximum Gasteiger partial charge on any atom is 0.318 e. The molecular formula is C21H23N5O2S. The Hall–Kier alpha value is -3.26. The molecule has 0 saturated heterocycles. The third kappa shape index (κ3) is 5.39. The Morgan fingerprint density at radius 3 is 2.59 bits per heavy atom. The summed E-state index contributed by atoms with van der Waals surface area (Å²) in [6.45, 7) is 4.10. The number of urea groups is 1. The van der Waals surface area contributed by atoms with E-state index in [-0.39, 0.29) is 17.7 Å². The number of rotatable bonds is 6. The van der Waals surface area contributed by atoms with Gasteiger partial charge in [0.15, 0.2) is 5.16 Å². The van der Waals surface area contributed by atoms with Gasteiger partial charge in [-0.25, -0.2) is 9.78 Å². The molecule has 150 valence electrons. The first-order valence-corrected chi connectivity index (χ1v) is 10.1. The summed E-state index contributed by atoms with van der Waals surface area (Å²) in [6.07, 6.45) is 3.63. The molecule has 0 bridgehead atoms. The van der Waals surface area contributed by atoms with Gasteiger partial charge in [-0.2, -0.15) is 0 Å². The summed E-state index contributed by atoms with van der Waals surface area (Å²) >= 11 is 1.37. The van der Waals surface area contributed by atoms with Crippen LogP contribution in [-0.2, 0) is 4.79 Å². The molecule has 3 N–H and O–H groups in total. The largest absolute Gasteiger partial charge is 0.341 e. The van der Waals surface area contributed by atoms with E-state index in [4.69, 9.17) is 0 Å². The Bertz CT molecular complexity index is 1030. The first kappa shape index (κ1) is 20.5. The zero-order valence-electron chi connectivity index (χ0n) is 16.5. The molecule has 3 amide bonds. The minimum absolute atomic E-state index is 0.150. The van der Waals surface area contributed by atoms with Crippen molar-refractivity contribution in [2.45, 2.75) is 19.0 Å². The molecule has 1 heterocycles. The quantitative estimate of drug-likeness (QED) is 0.538. The minimum atomic E-state index is -0.317. The Morgan fingerprint density at radius 1 is 1.07 bits per heavy atom. The number of thioether (sulfide) groups is 1. The van der Waals surface area contributed by atoms with Crippen LogP contribution in [0.5, 0.6) is 0 Å². The number of carbonyl (C=O) groups excluding carboxylic acids is 2. The predicted molar refractivity (Wildman–Crippen MR) is 117 cm³/mol. The normalized spacial score (nSPS) is 10.4. The Balaban J connectivity index is 1.64. The Kier molecular flexibility index (Phi) is 6.56. The van der Waals surface area contributed by atoms with Gasteiger partial charge in [-0.15, -0.1) is 0 Å². The second-order valence-electron chi connectivity index (χ2n) is 6.49. The van der Waals surface area contributed by atoms with E-state index in [0.29, 0.717) is 11.4 Å². The first-order chi connectivity index (χ1) is 14.0. The van der Waals surface area contributed by atoms with Crippen LogP contribution in [0, 0.1) is 13.8 Å². The molecule has 0 unspecified atom stereocenters. The standard InChI is InChI=1S/C21H23N5O2S/c1-14-7-8-15(2)18(11-14)26-10-9-23-21(26)29-13-19(27)24-16-5-4-6-17(12-16)25-20(28)22-3/h4-12H,13H2,1-3H3,(H,24,27)(H2,22,25,28). The second-order valence-corrected chi connectivity index (χ2v) is 7.43. The fourth-order valence-corrected chi connectivity index (χ4v) is 3.52. The molecule has 2 aromatic carbocycles. The Morgan fingerprint density at radius 2 is 1.83 bits per heavy atom. The number of benzene rings is 2. The maximum atomic E-state index is 12.4. The fraction of sp³-hybridized carbons (Fsp3) is 0.190. The molecule has 29 heavy (non-hydrogen) atoms. The topological polar surface area (TPSA) is 88.1 Å². The molecular weight excluding hydrogens is 386 g/mol. The third-order valence-corrected chi connectivity index (χ3v) is 5.16. The van der Waals surface area contributed by atoms with Crippen LogP contribution in [0.15, 0.2) is 60.0 Å². The van der Waals surface area contributed by atoms with Crippen LogP contribution in [0.4, 0.5) is 16.2 Å². The highest BCUT2D eigenvalue weighted by molar-refractivity contribution is 7.99. The van der Waals surface area contributed by atoms with Crippen LogP contribution in [0.3, 0.4) is 0 Å². The number of amides is 3. The van der Waals surface area contributed by atoms with Crippen molar-refractivity contribution in [3.63, 3.8) is 0 Å². The van der Waals surface area contributed by atoms with Crippen molar-refractivity contribution in [1.29, 1.82) is 0 Å². The molecule has 0 fully saturated rings. The predicted octanol–water partition coefficient (Wildman–Crippen LogP) is 3.97. The molecule has 1 aromatic heterocycles. The molecule has 0 radical (unpaired) electrons. The van der Waals surface area contributed by atoms with Crippen LogP contribution in [0.1, 0.15) is 11.1 Å². The molecule has 7 nitrogen and oxygen atoms in total. The molecule has 0 aliphatic heterocycles. The number of nitrogens with one attached hydrogen (secondary N) is 3. The van der Waals surface area contributed by atoms with Crippen molar-refractivity contribution < 1.29 is 9.59 Å². The van der Waals surface area contributed by atoms with E-state index in [1.807, 2.05) is 17.7 Å². The van der Waals surface area contributed by atoms with Crippen LogP contribution in [0.2, 0.25) is 0 Å². The molecule has 0 saturated carbocycles. The van der Waals surface area contributed by atoms with Gasteiger partial charge in [0.2, 0.25) is 5.91 Å². The molecule has 0 aliphatic carbocycles. The van der Waals surface area contributed by atoms with Crippen LogP contribution in [0.25, 0.3) is 5.69 Å². The number of hydrogen-bond donors (Lipinski definition) is 3. The highest BCUT2D eigenvalue weighted by atomic mass is 32.2. The zero-order valence-corrected chi connectivity index (χ0v) is 17.3. The van der Waals surface area contributed by atoms with Crippen LogP contribution in [-0.4, -0.2) is 34.3 Å². The van der Waals surface area contributed by atoms with E-state index >= 15 is 0 Å². The average Bonchev–Trinajstić information content (AvgIpc) is 3.17. The molecule has 3 aromatic rings. The smallest absolute Gasteiger partial charge is 0.318 e. The van der Waals surface area contributed by atoms with Gasteiger partial charge in [-0.1, -0.05) is 30.0 Å². The lowest BCUT2D eigenvalue weighted by Gasteiger charge is -2.12. The summed E-state index contributed by atoms with van der Waals surface area (Å²) in [5.74, 6) is 0.0669. The number of aromatic nitrogens is 2. The number of nitrogens with zero attached hydrogens (tertiary/aromatic N) is 2. The summed E-state index contributed by atoms with van der Waals surface area (Å²) in [7, 11) is 1.54. The number of hydrogen-bond acceptors (Lipinski definition) is 4. The van der Waals surface area contributed by atoms with Gasteiger partial charge in [0.25, 0.3) is 0 Å². The fourth-order valence-electron chi connectivity index (χ4n) is 2.75. The second kappa shape index (κ2) is 9.29. The lowest BCUT2D eigenvalue weighted by atomic mass is 10.1. The average molecular weight is 410 g/mol. The SMILES string of the molecule is CNC(=O)Nc1cccc(NC(=O)CSc2nccn2-c2cc(C)ccc2C)c1. The molecule has 0 atom stereocenters. The van der Waals surface area contributed by atoms with Crippen molar-refractivity contribution >= 4 is 35.1 Å². The van der Waals surface area contributed by atoms with Gasteiger partial charge in [-0.05, 0) is 49.2 Å². The van der Waals surface area contributed by atoms with Crippen molar-refractivity contribution in [2.75, 3.05) is 23.4 Å². The van der Waals surface area contributed by atoms with Crippen molar-refractivity contribution in [3.05, 3.63) is 66.0 Å². The molecule has 0 spiro atoms. The summed E-state index contributed by atoms with van der Waals surface area (Å²) < 4.78 is 1.99. The highest BCUT2D eigenvalue weighted by Gasteiger charge is 2.11. The lowest BCUT2D eigenvalue weighted by molar-refractivity contribution is -0.113. The Labute approximate surface area is 173 Å². The van der Waals surface area contributed by atoms with E-state index in [9.17, 15) is 9.59 Å². The van der Waals surface area contributed by atoms with Gasteiger partial charge in [0.1, 0.15) is 0 Å². The monoisotopic (exact) mass is 409 g/mol. The maximum absolute atomic E-state index is 12.4. The number of carbonyl (C=O) groups is 2. The lowest BCUT2D eigenvalue weighted by Crippen LogP contribution is -2.24. The molecule has 8 heteroatoms. The summed E-state index contributed by atoms with van der Waals surface area (Å²) in [6, 6.07) is 12.9. The van der Waals surface area contributed by atoms with Crippen LogP contribution >= 0.6 is 11.8 Å². The van der Waals surface area contributed by atoms with E-state index in [0.717, 1.165) is 16.4 Å². The van der Waals surface area contributed by atoms with Crippen LogP contribution < -0.4 is 16.0 Å². The zero-order chi connectivity index (χ0) is 20.8. The third-order valence-electron chi connectivity index (χ3n) is 4.19. The van der Waals surface area contributed by atoms with Gasteiger partial charge < -0.3 is 16.0 Å². The number of imidazole rings is 1. The van der Waals surface area contributed by atoms with Gasteiger partial charge in [0.05, 0.1) is 11.4 Å². The van der Waals surface area contributed by atoms with Gasteiger partial charge in [-0.3, -0.25) is 9.36 Å². The molecule has 3 rings (SSSR count). The highest BCUT2D eigenvalue weighted by Crippen LogP contribution is 2.24. The number of aryl methyl sites for hydroxylation is 2. The van der Waals surface area contributed by atoms with Crippen molar-refractivity contribution in [1.82, 2.24) is 14.9 Å². The first-order valence-electron chi connectivity index (χ1n) is 9.08. The van der Waals surface area contributed by atoms with E-state index < -0.39 is 0 Å². The number of anilines is 2. The summed E-state index contributed by atoms with van der Waals surface area (Å²) in [5.41, 5.74) is 4.57.